The van der Waals surface area contributed by atoms with E-state index in [4.69, 9.17) is 9.47 Å². The van der Waals surface area contributed by atoms with Crippen molar-refractivity contribution in [2.75, 3.05) is 33.9 Å². The zero-order valence-corrected chi connectivity index (χ0v) is 16.3. The lowest BCUT2D eigenvalue weighted by Gasteiger charge is -2.12. The zero-order chi connectivity index (χ0) is 15.5. The fraction of sp³-hybridized carbons (Fsp3) is 0.562. The summed E-state index contributed by atoms with van der Waals surface area (Å²) in [5, 5.41) is 6.58. The summed E-state index contributed by atoms with van der Waals surface area (Å²) < 4.78 is 10.6. The van der Waals surface area contributed by atoms with Gasteiger partial charge in [-0.3, -0.25) is 4.99 Å². The lowest BCUT2D eigenvalue weighted by molar-refractivity contribution is 0.354. The molecular weight excluding hydrogens is 393 g/mol. The number of nitrogens with zero attached hydrogens (tertiary/aromatic N) is 1. The molecule has 0 saturated carbocycles. The second-order valence-corrected chi connectivity index (χ2v) is 4.63. The maximum atomic E-state index is 5.31. The number of aliphatic imine (C=N–C) groups is 1. The van der Waals surface area contributed by atoms with E-state index in [1.54, 1.807) is 14.2 Å². The lowest BCUT2D eigenvalue weighted by atomic mass is 10.1. The minimum Gasteiger partial charge on any atom is -0.493 e. The highest BCUT2D eigenvalue weighted by molar-refractivity contribution is 14.0. The maximum absolute atomic E-state index is 5.31. The van der Waals surface area contributed by atoms with E-state index in [1.807, 2.05) is 12.1 Å². The van der Waals surface area contributed by atoms with Crippen molar-refractivity contribution in [1.82, 2.24) is 10.6 Å². The summed E-state index contributed by atoms with van der Waals surface area (Å²) in [7, 11) is 3.30. The van der Waals surface area contributed by atoms with Crippen molar-refractivity contribution in [2.45, 2.75) is 26.7 Å². The Bertz CT molecular complexity index is 453. The predicted octanol–water partition coefficient (Wildman–Crippen LogP) is 2.83. The monoisotopic (exact) mass is 421 g/mol. The summed E-state index contributed by atoms with van der Waals surface area (Å²) in [5.41, 5.74) is 1.20. The van der Waals surface area contributed by atoms with Gasteiger partial charge < -0.3 is 20.1 Å². The lowest BCUT2D eigenvalue weighted by Crippen LogP contribution is -2.38. The number of methoxy groups -OCH3 is 2. The van der Waals surface area contributed by atoms with Gasteiger partial charge in [-0.2, -0.15) is 0 Å². The molecule has 126 valence electrons. The van der Waals surface area contributed by atoms with Crippen LogP contribution in [0.1, 0.15) is 25.8 Å². The van der Waals surface area contributed by atoms with Gasteiger partial charge in [0, 0.05) is 19.6 Å². The van der Waals surface area contributed by atoms with E-state index >= 15 is 0 Å². The first-order chi connectivity index (χ1) is 10.2. The van der Waals surface area contributed by atoms with Crippen LogP contribution in [-0.4, -0.2) is 39.8 Å². The van der Waals surface area contributed by atoms with Crippen molar-refractivity contribution in [3.05, 3.63) is 23.8 Å². The molecule has 1 rings (SSSR count). The highest BCUT2D eigenvalue weighted by Crippen LogP contribution is 2.27. The molecule has 0 spiro atoms. The quantitative estimate of drug-likeness (QED) is 0.385. The summed E-state index contributed by atoms with van der Waals surface area (Å²) >= 11 is 0. The fourth-order valence-corrected chi connectivity index (χ4v) is 1.93. The molecule has 0 unspecified atom stereocenters. The molecule has 0 radical (unpaired) electrons. The molecule has 0 amide bonds. The SMILES string of the molecule is CCCN=C(NCC)NCCc1ccc(OC)c(OC)c1.I. The van der Waals surface area contributed by atoms with Crippen LogP contribution < -0.4 is 20.1 Å². The van der Waals surface area contributed by atoms with Crippen molar-refractivity contribution >= 4 is 29.9 Å². The molecule has 0 aliphatic heterocycles. The van der Waals surface area contributed by atoms with Crippen molar-refractivity contribution in [1.29, 1.82) is 0 Å². The average Bonchev–Trinajstić information content (AvgIpc) is 2.52. The Hall–Kier alpha value is -1.18. The minimum atomic E-state index is 0. The van der Waals surface area contributed by atoms with Crippen molar-refractivity contribution in [3.63, 3.8) is 0 Å². The number of nitrogens with one attached hydrogen (secondary N) is 2. The smallest absolute Gasteiger partial charge is 0.191 e. The van der Waals surface area contributed by atoms with Gasteiger partial charge in [-0.25, -0.2) is 0 Å². The molecular formula is C16H28IN3O2. The number of benzene rings is 1. The molecule has 2 N–H and O–H groups in total. The molecule has 0 fully saturated rings. The largest absolute Gasteiger partial charge is 0.493 e. The van der Waals surface area contributed by atoms with Crippen LogP contribution in [-0.2, 0) is 6.42 Å². The Morgan fingerprint density at radius 2 is 1.82 bits per heavy atom. The van der Waals surface area contributed by atoms with Crippen LogP contribution in [0.25, 0.3) is 0 Å². The number of ether oxygens (including phenoxy) is 2. The van der Waals surface area contributed by atoms with E-state index in [1.165, 1.54) is 5.56 Å². The Morgan fingerprint density at radius 1 is 1.09 bits per heavy atom. The number of rotatable bonds is 8. The van der Waals surface area contributed by atoms with Gasteiger partial charge >= 0.3 is 0 Å². The van der Waals surface area contributed by atoms with Crippen molar-refractivity contribution < 1.29 is 9.47 Å². The molecule has 22 heavy (non-hydrogen) atoms. The molecule has 5 nitrogen and oxygen atoms in total. The summed E-state index contributed by atoms with van der Waals surface area (Å²) in [6.07, 6.45) is 1.95. The Kier molecular flexibility index (Phi) is 11.7. The van der Waals surface area contributed by atoms with E-state index in [9.17, 15) is 0 Å². The van der Waals surface area contributed by atoms with Crippen LogP contribution in [0.3, 0.4) is 0 Å². The highest BCUT2D eigenvalue weighted by atomic mass is 127. The third-order valence-electron chi connectivity index (χ3n) is 2.99. The number of guanidine groups is 1. The van der Waals surface area contributed by atoms with Gasteiger partial charge in [-0.15, -0.1) is 24.0 Å². The average molecular weight is 421 g/mol. The molecule has 0 bridgehead atoms. The maximum Gasteiger partial charge on any atom is 0.191 e. The zero-order valence-electron chi connectivity index (χ0n) is 13.9. The highest BCUT2D eigenvalue weighted by Gasteiger charge is 2.04. The number of hydrogen-bond acceptors (Lipinski definition) is 3. The normalized spacial score (nSPS) is 10.6. The summed E-state index contributed by atoms with van der Waals surface area (Å²) in [5.74, 6) is 2.40. The molecule has 0 aromatic heterocycles. The minimum absolute atomic E-state index is 0. The van der Waals surface area contributed by atoms with Crippen LogP contribution in [0.2, 0.25) is 0 Å². The standard InChI is InChI=1S/C16H27N3O2.HI/c1-5-10-18-16(17-6-2)19-11-9-13-7-8-14(20-3)15(12-13)21-4;/h7-8,12H,5-6,9-11H2,1-4H3,(H2,17,18,19);1H. The van der Waals surface area contributed by atoms with Gasteiger partial charge in [0.05, 0.1) is 14.2 Å². The molecule has 0 heterocycles. The van der Waals surface area contributed by atoms with Gasteiger partial charge in [0.25, 0.3) is 0 Å². The van der Waals surface area contributed by atoms with Gasteiger partial charge in [-0.1, -0.05) is 13.0 Å². The number of halogens is 1. The first-order valence-corrected chi connectivity index (χ1v) is 7.48. The molecule has 0 saturated heterocycles. The summed E-state index contributed by atoms with van der Waals surface area (Å²) in [6.45, 7) is 6.72. The predicted molar refractivity (Wildman–Crippen MR) is 103 cm³/mol. The van der Waals surface area contributed by atoms with E-state index < -0.39 is 0 Å². The fourth-order valence-electron chi connectivity index (χ4n) is 1.93. The van der Waals surface area contributed by atoms with Crippen LogP contribution in [0.15, 0.2) is 23.2 Å². The molecule has 0 atom stereocenters. The van der Waals surface area contributed by atoms with Crippen LogP contribution >= 0.6 is 24.0 Å². The molecule has 1 aromatic carbocycles. The van der Waals surface area contributed by atoms with E-state index in [-0.39, 0.29) is 24.0 Å². The molecule has 0 aliphatic carbocycles. The first kappa shape index (κ1) is 20.8. The van der Waals surface area contributed by atoms with Gasteiger partial charge in [0.15, 0.2) is 17.5 Å². The van der Waals surface area contributed by atoms with Gasteiger partial charge in [0.2, 0.25) is 0 Å². The Balaban J connectivity index is 0.00000441. The van der Waals surface area contributed by atoms with Crippen LogP contribution in [0.5, 0.6) is 11.5 Å². The van der Waals surface area contributed by atoms with Crippen LogP contribution in [0.4, 0.5) is 0 Å². The van der Waals surface area contributed by atoms with Crippen molar-refractivity contribution in [3.8, 4) is 11.5 Å². The van der Waals surface area contributed by atoms with E-state index in [2.05, 4.69) is 35.5 Å². The number of hydrogen-bond donors (Lipinski definition) is 2. The van der Waals surface area contributed by atoms with E-state index in [0.717, 1.165) is 49.9 Å². The van der Waals surface area contributed by atoms with Gasteiger partial charge in [-0.05, 0) is 37.5 Å². The van der Waals surface area contributed by atoms with Crippen LogP contribution in [0, 0.1) is 0 Å². The first-order valence-electron chi connectivity index (χ1n) is 7.48. The molecule has 1 aromatic rings. The Labute approximate surface area is 150 Å². The summed E-state index contributed by atoms with van der Waals surface area (Å²) in [4.78, 5) is 4.47. The third-order valence-corrected chi connectivity index (χ3v) is 2.99. The third kappa shape index (κ3) is 7.20. The van der Waals surface area contributed by atoms with Crippen molar-refractivity contribution in [2.24, 2.45) is 4.99 Å². The van der Waals surface area contributed by atoms with Gasteiger partial charge in [0.1, 0.15) is 0 Å². The topological polar surface area (TPSA) is 54.9 Å². The summed E-state index contributed by atoms with van der Waals surface area (Å²) in [6, 6.07) is 6.00. The Morgan fingerprint density at radius 3 is 2.41 bits per heavy atom. The second-order valence-electron chi connectivity index (χ2n) is 4.63. The van der Waals surface area contributed by atoms with E-state index in [0.29, 0.717) is 0 Å². The second kappa shape index (κ2) is 12.4. The molecule has 0 aliphatic rings. The molecule has 6 heteroatoms.